The lowest BCUT2D eigenvalue weighted by atomic mass is 10.00. The minimum atomic E-state index is -0.197. The maximum absolute atomic E-state index is 13.7. The molecule has 0 N–H and O–H groups in total. The maximum Gasteiger partial charge on any atom is 0.153 e. The summed E-state index contributed by atoms with van der Waals surface area (Å²) in [6, 6.07) is 19.7. The fraction of sp³-hybridized carbons (Fsp3) is 0.208. The standard InChI is InChI=1S/C24H22FN3/c1-17-13-20-9-11-26-24(27-12-10-19-6-2-3-7-21(19)16-27)23(20)28(17)15-18-5-4-8-22(25)14-18/h2-9,11,13-14H,10,12,15-16H2,1H3. The van der Waals surface area contributed by atoms with Gasteiger partial charge in [-0.1, -0.05) is 36.4 Å². The Bertz CT molecular complexity index is 1160. The van der Waals surface area contributed by atoms with Crippen LogP contribution in [0.1, 0.15) is 22.4 Å². The first kappa shape index (κ1) is 17.0. The zero-order valence-electron chi connectivity index (χ0n) is 15.9. The maximum atomic E-state index is 13.7. The van der Waals surface area contributed by atoms with Crippen molar-refractivity contribution >= 4 is 16.7 Å². The van der Waals surface area contributed by atoms with E-state index in [1.165, 1.54) is 22.6 Å². The molecule has 2 aromatic heterocycles. The molecule has 1 aliphatic rings. The van der Waals surface area contributed by atoms with Crippen molar-refractivity contribution in [3.63, 3.8) is 0 Å². The third kappa shape index (κ3) is 2.95. The fourth-order valence-electron chi connectivity index (χ4n) is 4.26. The van der Waals surface area contributed by atoms with Crippen LogP contribution < -0.4 is 4.90 Å². The van der Waals surface area contributed by atoms with Crippen LogP contribution >= 0.6 is 0 Å². The first-order chi connectivity index (χ1) is 13.7. The van der Waals surface area contributed by atoms with Gasteiger partial charge in [0.05, 0.1) is 5.52 Å². The normalized spacial score (nSPS) is 13.7. The molecule has 140 valence electrons. The third-order valence-electron chi connectivity index (χ3n) is 5.66. The van der Waals surface area contributed by atoms with Crippen LogP contribution in [0.15, 0.2) is 66.9 Å². The molecule has 5 rings (SSSR count). The number of fused-ring (bicyclic) bond motifs is 2. The number of aromatic nitrogens is 2. The summed E-state index contributed by atoms with van der Waals surface area (Å²) in [7, 11) is 0. The van der Waals surface area contributed by atoms with Crippen LogP contribution in [0.4, 0.5) is 10.2 Å². The fourth-order valence-corrected chi connectivity index (χ4v) is 4.26. The molecule has 0 fully saturated rings. The highest BCUT2D eigenvalue weighted by Crippen LogP contribution is 2.31. The number of benzene rings is 2. The molecule has 0 atom stereocenters. The number of halogens is 1. The zero-order chi connectivity index (χ0) is 19.1. The molecule has 2 aromatic carbocycles. The lowest BCUT2D eigenvalue weighted by molar-refractivity contribution is 0.623. The molecule has 3 nitrogen and oxygen atoms in total. The molecule has 4 heteroatoms. The second kappa shape index (κ2) is 6.79. The van der Waals surface area contributed by atoms with Gasteiger partial charge in [0.1, 0.15) is 5.82 Å². The summed E-state index contributed by atoms with van der Waals surface area (Å²) in [5.41, 5.74) is 6.04. The van der Waals surface area contributed by atoms with E-state index in [4.69, 9.17) is 4.98 Å². The van der Waals surface area contributed by atoms with Gasteiger partial charge in [-0.25, -0.2) is 9.37 Å². The molecule has 28 heavy (non-hydrogen) atoms. The summed E-state index contributed by atoms with van der Waals surface area (Å²) in [6.07, 6.45) is 2.92. The number of aryl methyl sites for hydroxylation is 1. The average molecular weight is 371 g/mol. The number of hydrogen-bond acceptors (Lipinski definition) is 2. The molecule has 0 unspecified atom stereocenters. The number of anilines is 1. The second-order valence-electron chi connectivity index (χ2n) is 7.51. The molecule has 1 aliphatic heterocycles. The molecule has 0 spiro atoms. The molecular weight excluding hydrogens is 349 g/mol. The van der Waals surface area contributed by atoms with E-state index in [9.17, 15) is 4.39 Å². The average Bonchev–Trinajstić information content (AvgIpc) is 3.03. The van der Waals surface area contributed by atoms with Gasteiger partial charge in [-0.15, -0.1) is 0 Å². The van der Waals surface area contributed by atoms with Crippen molar-refractivity contribution in [3.8, 4) is 0 Å². The van der Waals surface area contributed by atoms with Gasteiger partial charge in [-0.05, 0) is 54.3 Å². The van der Waals surface area contributed by atoms with Gasteiger partial charge >= 0.3 is 0 Å². The van der Waals surface area contributed by atoms with Crippen molar-refractivity contribution in [3.05, 3.63) is 95.1 Å². The van der Waals surface area contributed by atoms with Crippen molar-refractivity contribution in [2.75, 3.05) is 11.4 Å². The van der Waals surface area contributed by atoms with E-state index in [0.29, 0.717) is 6.54 Å². The van der Waals surface area contributed by atoms with Crippen molar-refractivity contribution in [2.24, 2.45) is 0 Å². The van der Waals surface area contributed by atoms with Crippen LogP contribution in [0.25, 0.3) is 10.9 Å². The van der Waals surface area contributed by atoms with Crippen molar-refractivity contribution < 1.29 is 4.39 Å². The van der Waals surface area contributed by atoms with E-state index in [-0.39, 0.29) is 5.82 Å². The van der Waals surface area contributed by atoms with E-state index in [0.717, 1.165) is 42.1 Å². The summed E-state index contributed by atoms with van der Waals surface area (Å²) in [4.78, 5) is 7.13. The van der Waals surface area contributed by atoms with Gasteiger partial charge in [0.25, 0.3) is 0 Å². The molecule has 0 amide bonds. The summed E-state index contributed by atoms with van der Waals surface area (Å²) in [5, 5.41) is 1.18. The van der Waals surface area contributed by atoms with E-state index in [2.05, 4.69) is 52.8 Å². The minimum absolute atomic E-state index is 0.197. The molecule has 3 heterocycles. The summed E-state index contributed by atoms with van der Waals surface area (Å²) >= 11 is 0. The highest BCUT2D eigenvalue weighted by Gasteiger charge is 2.21. The topological polar surface area (TPSA) is 21.1 Å². The highest BCUT2D eigenvalue weighted by molar-refractivity contribution is 5.91. The summed E-state index contributed by atoms with van der Waals surface area (Å²) < 4.78 is 15.9. The summed E-state index contributed by atoms with van der Waals surface area (Å²) in [6.45, 7) is 4.56. The second-order valence-corrected chi connectivity index (χ2v) is 7.51. The van der Waals surface area contributed by atoms with E-state index in [1.54, 1.807) is 12.1 Å². The first-order valence-corrected chi connectivity index (χ1v) is 9.70. The highest BCUT2D eigenvalue weighted by atomic mass is 19.1. The third-order valence-corrected chi connectivity index (χ3v) is 5.66. The van der Waals surface area contributed by atoms with Gasteiger partial charge in [0, 0.05) is 36.9 Å². The largest absolute Gasteiger partial charge is 0.350 e. The Labute approximate surface area is 164 Å². The van der Waals surface area contributed by atoms with Crippen molar-refractivity contribution in [1.29, 1.82) is 0 Å². The first-order valence-electron chi connectivity index (χ1n) is 9.70. The lowest BCUT2D eigenvalue weighted by Gasteiger charge is -2.30. The Balaban J connectivity index is 1.59. The lowest BCUT2D eigenvalue weighted by Crippen LogP contribution is -2.31. The molecular formula is C24H22FN3. The van der Waals surface area contributed by atoms with Gasteiger partial charge in [0.15, 0.2) is 5.82 Å². The minimum Gasteiger partial charge on any atom is -0.350 e. The van der Waals surface area contributed by atoms with E-state index in [1.807, 2.05) is 12.3 Å². The van der Waals surface area contributed by atoms with Crippen molar-refractivity contribution in [2.45, 2.75) is 26.4 Å². The van der Waals surface area contributed by atoms with E-state index >= 15 is 0 Å². The van der Waals surface area contributed by atoms with Crippen LogP contribution in [0.2, 0.25) is 0 Å². The quantitative estimate of drug-likeness (QED) is 0.500. The van der Waals surface area contributed by atoms with Gasteiger partial charge in [-0.2, -0.15) is 0 Å². The Morgan fingerprint density at radius 3 is 2.71 bits per heavy atom. The molecule has 0 radical (unpaired) electrons. The number of nitrogens with zero attached hydrogens (tertiary/aromatic N) is 3. The molecule has 0 saturated heterocycles. The molecule has 0 aliphatic carbocycles. The van der Waals surface area contributed by atoms with Gasteiger partial charge in [-0.3, -0.25) is 0 Å². The number of pyridine rings is 1. The SMILES string of the molecule is Cc1cc2ccnc(N3CCc4ccccc4C3)c2n1Cc1cccc(F)c1. The molecule has 0 bridgehead atoms. The van der Waals surface area contributed by atoms with Crippen molar-refractivity contribution in [1.82, 2.24) is 9.55 Å². The van der Waals surface area contributed by atoms with Crippen LogP contribution in [0, 0.1) is 12.7 Å². The Morgan fingerprint density at radius 1 is 1.00 bits per heavy atom. The Kier molecular flexibility index (Phi) is 4.12. The van der Waals surface area contributed by atoms with Crippen LogP contribution in [0.3, 0.4) is 0 Å². The van der Waals surface area contributed by atoms with Crippen LogP contribution in [0.5, 0.6) is 0 Å². The predicted octanol–water partition coefficient (Wildman–Crippen LogP) is 5.09. The van der Waals surface area contributed by atoms with Crippen LogP contribution in [-0.4, -0.2) is 16.1 Å². The monoisotopic (exact) mass is 371 g/mol. The number of hydrogen-bond donors (Lipinski definition) is 0. The number of rotatable bonds is 3. The Hall–Kier alpha value is -3.14. The molecule has 4 aromatic rings. The van der Waals surface area contributed by atoms with E-state index < -0.39 is 0 Å². The summed E-state index contributed by atoms with van der Waals surface area (Å²) in [5.74, 6) is 0.814. The van der Waals surface area contributed by atoms with Gasteiger partial charge in [0.2, 0.25) is 0 Å². The predicted molar refractivity (Wildman–Crippen MR) is 111 cm³/mol. The smallest absolute Gasteiger partial charge is 0.153 e. The Morgan fingerprint density at radius 2 is 1.86 bits per heavy atom. The zero-order valence-corrected chi connectivity index (χ0v) is 15.9. The van der Waals surface area contributed by atoms with Crippen LogP contribution in [-0.2, 0) is 19.5 Å². The molecule has 0 saturated carbocycles. The van der Waals surface area contributed by atoms with Gasteiger partial charge < -0.3 is 9.47 Å².